The molecule has 0 atom stereocenters. The highest BCUT2D eigenvalue weighted by Crippen LogP contribution is 2.40. The quantitative estimate of drug-likeness (QED) is 0.430. The van der Waals surface area contributed by atoms with E-state index in [4.69, 9.17) is 33.4 Å². The zero-order chi connectivity index (χ0) is 23.3. The second kappa shape index (κ2) is 10.9. The molecule has 2 aliphatic rings. The summed E-state index contributed by atoms with van der Waals surface area (Å²) in [7, 11) is 0. The van der Waals surface area contributed by atoms with Gasteiger partial charge in [0, 0.05) is 21.7 Å². The van der Waals surface area contributed by atoms with Crippen molar-refractivity contribution in [1.29, 1.82) is 0 Å². The van der Waals surface area contributed by atoms with E-state index in [1.807, 2.05) is 23.5 Å². The number of carboxylic acid groups (broad SMARTS) is 1. The molecular weight excluding hydrogens is 477 g/mol. The maximum absolute atomic E-state index is 12.5. The van der Waals surface area contributed by atoms with Crippen molar-refractivity contribution in [2.24, 2.45) is 0 Å². The highest BCUT2D eigenvalue weighted by molar-refractivity contribution is 7.99. The van der Waals surface area contributed by atoms with E-state index in [9.17, 15) is 14.4 Å². The van der Waals surface area contributed by atoms with Crippen LogP contribution >= 0.6 is 35.0 Å². The first-order chi connectivity index (χ1) is 15.3. The average molecular weight is 498 g/mol. The van der Waals surface area contributed by atoms with E-state index in [0.29, 0.717) is 21.5 Å². The first kappa shape index (κ1) is 24.2. The topological polar surface area (TPSA) is 132 Å². The number of hydrogen-bond acceptors (Lipinski definition) is 5. The van der Waals surface area contributed by atoms with Crippen LogP contribution in [0.1, 0.15) is 27.3 Å². The van der Waals surface area contributed by atoms with Crippen molar-refractivity contribution >= 4 is 57.8 Å². The monoisotopic (exact) mass is 497 g/mol. The van der Waals surface area contributed by atoms with Gasteiger partial charge in [0.2, 0.25) is 5.91 Å². The molecule has 0 saturated heterocycles. The molecule has 5 N–H and O–H groups in total. The minimum absolute atomic E-state index is 0.0987. The highest BCUT2D eigenvalue weighted by Gasteiger charge is 2.26. The molecule has 1 aliphatic carbocycles. The van der Waals surface area contributed by atoms with Gasteiger partial charge in [0.1, 0.15) is 18.8 Å². The molecule has 8 nitrogen and oxygen atoms in total. The summed E-state index contributed by atoms with van der Waals surface area (Å²) in [6.45, 7) is -1.12. The van der Waals surface area contributed by atoms with Gasteiger partial charge in [0.05, 0.1) is 10.7 Å². The van der Waals surface area contributed by atoms with Gasteiger partial charge >= 0.3 is 5.97 Å². The molecule has 1 aliphatic heterocycles. The van der Waals surface area contributed by atoms with Gasteiger partial charge < -0.3 is 25.8 Å². The third-order valence-electron chi connectivity index (χ3n) is 4.80. The lowest BCUT2D eigenvalue weighted by Crippen LogP contribution is -2.35. The van der Waals surface area contributed by atoms with E-state index in [1.165, 1.54) is 11.1 Å². The van der Waals surface area contributed by atoms with Crippen LogP contribution in [0, 0.1) is 0 Å². The largest absolute Gasteiger partial charge is 0.480 e. The normalized spacial score (nSPS) is 14.7. The minimum Gasteiger partial charge on any atom is -0.480 e. The number of nitrogens with one attached hydrogen (secondary N) is 3. The van der Waals surface area contributed by atoms with Crippen LogP contribution in [0.25, 0.3) is 5.03 Å². The highest BCUT2D eigenvalue weighted by atomic mass is 35.5. The van der Waals surface area contributed by atoms with Crippen LogP contribution in [-0.4, -0.2) is 57.9 Å². The summed E-state index contributed by atoms with van der Waals surface area (Å²) in [4.78, 5) is 36.4. The molecule has 1 aromatic heterocycles. The Morgan fingerprint density at radius 2 is 1.81 bits per heavy atom. The minimum atomic E-state index is -1.13. The van der Waals surface area contributed by atoms with E-state index in [1.54, 1.807) is 11.8 Å². The molecular formula is C21H21Cl2N3O5S. The molecule has 0 spiro atoms. The number of carboxylic acids is 1. The predicted molar refractivity (Wildman–Crippen MR) is 123 cm³/mol. The third kappa shape index (κ3) is 6.07. The van der Waals surface area contributed by atoms with Crippen molar-refractivity contribution < 1.29 is 24.6 Å². The number of hydrogen-bond donors (Lipinski definition) is 5. The summed E-state index contributed by atoms with van der Waals surface area (Å²) in [5.74, 6) is -1.27. The van der Waals surface area contributed by atoms with Crippen LogP contribution in [0.5, 0.6) is 0 Å². The Morgan fingerprint density at radius 1 is 1.16 bits per heavy atom. The number of amides is 2. The van der Waals surface area contributed by atoms with Gasteiger partial charge in [-0.2, -0.15) is 0 Å². The molecule has 0 saturated carbocycles. The average Bonchev–Trinajstić information content (AvgIpc) is 3.39. The van der Waals surface area contributed by atoms with E-state index >= 15 is 0 Å². The van der Waals surface area contributed by atoms with Crippen molar-refractivity contribution in [3.63, 3.8) is 0 Å². The lowest BCUT2D eigenvalue weighted by molar-refractivity contribution is -0.138. The lowest BCUT2D eigenvalue weighted by Gasteiger charge is -2.11. The molecule has 0 fully saturated rings. The van der Waals surface area contributed by atoms with E-state index in [-0.39, 0.29) is 11.9 Å². The zero-order valence-electron chi connectivity index (χ0n) is 16.8. The predicted octanol–water partition coefficient (Wildman–Crippen LogP) is 2.34. The molecule has 4 rings (SSSR count). The summed E-state index contributed by atoms with van der Waals surface area (Å²) in [5.41, 5.74) is 3.91. The van der Waals surface area contributed by atoms with E-state index in [0.717, 1.165) is 23.4 Å². The van der Waals surface area contributed by atoms with Crippen molar-refractivity contribution in [3.8, 4) is 0 Å². The second-order valence-electron chi connectivity index (χ2n) is 7.11. The van der Waals surface area contributed by atoms with Gasteiger partial charge in [-0.15, -0.1) is 11.8 Å². The first-order valence-corrected chi connectivity index (χ1v) is 11.4. The van der Waals surface area contributed by atoms with Crippen molar-refractivity contribution in [2.45, 2.75) is 23.8 Å². The molecule has 2 heterocycles. The number of fused-ring (bicyclic) bond motifs is 2. The Hall–Kier alpha value is -2.46. The van der Waals surface area contributed by atoms with Crippen LogP contribution in [0.4, 0.5) is 0 Å². The molecule has 32 heavy (non-hydrogen) atoms. The number of aromatic amines is 1. The summed E-state index contributed by atoms with van der Waals surface area (Å²) in [6, 6.07) is 10.3. The number of carbonyl (C=O) groups excluding carboxylic acids is 2. The second-order valence-corrected chi connectivity index (χ2v) is 8.96. The Kier molecular flexibility index (Phi) is 8.25. The SMILES string of the molecule is O=C(NC1Cc2ccccc2C1)c1cc2c([nH]1)C(Cl)=C(Cl)CS2.O=C(O)CNC(=O)CO. The maximum atomic E-state index is 12.5. The Balaban J connectivity index is 0.000000275. The van der Waals surface area contributed by atoms with Crippen LogP contribution < -0.4 is 10.6 Å². The lowest BCUT2D eigenvalue weighted by atomic mass is 10.1. The number of carbonyl (C=O) groups is 3. The van der Waals surface area contributed by atoms with Gasteiger partial charge in [-0.25, -0.2) is 0 Å². The first-order valence-electron chi connectivity index (χ1n) is 9.65. The Morgan fingerprint density at radius 3 is 2.41 bits per heavy atom. The number of benzene rings is 1. The van der Waals surface area contributed by atoms with Crippen LogP contribution in [0.3, 0.4) is 0 Å². The number of halogens is 2. The third-order valence-corrected chi connectivity index (χ3v) is 6.87. The number of aliphatic hydroxyl groups excluding tert-OH is 1. The Bertz CT molecular complexity index is 1040. The molecule has 2 amide bonds. The fourth-order valence-corrected chi connectivity index (χ4v) is 4.86. The molecule has 1 aromatic carbocycles. The summed E-state index contributed by atoms with van der Waals surface area (Å²) in [6.07, 6.45) is 1.76. The van der Waals surface area contributed by atoms with Crippen molar-refractivity contribution in [1.82, 2.24) is 15.6 Å². The van der Waals surface area contributed by atoms with Gasteiger partial charge in [-0.3, -0.25) is 14.4 Å². The maximum Gasteiger partial charge on any atom is 0.322 e. The molecule has 11 heteroatoms. The number of thioether (sulfide) groups is 1. The van der Waals surface area contributed by atoms with Gasteiger partial charge in [-0.1, -0.05) is 47.5 Å². The number of aliphatic hydroxyl groups is 1. The molecule has 0 radical (unpaired) electrons. The summed E-state index contributed by atoms with van der Waals surface area (Å²) in [5, 5.41) is 22.2. The van der Waals surface area contributed by atoms with Crippen molar-refractivity contribution in [3.05, 3.63) is 57.9 Å². The van der Waals surface area contributed by atoms with Crippen LogP contribution in [0.2, 0.25) is 0 Å². The molecule has 0 unspecified atom stereocenters. The van der Waals surface area contributed by atoms with Gasteiger partial charge in [-0.05, 0) is 30.0 Å². The van der Waals surface area contributed by atoms with Gasteiger partial charge in [0.15, 0.2) is 0 Å². The fourth-order valence-electron chi connectivity index (χ4n) is 3.33. The van der Waals surface area contributed by atoms with E-state index < -0.39 is 25.0 Å². The zero-order valence-corrected chi connectivity index (χ0v) is 19.1. The molecule has 170 valence electrons. The van der Waals surface area contributed by atoms with E-state index in [2.05, 4.69) is 22.4 Å². The number of H-pyrrole nitrogens is 1. The summed E-state index contributed by atoms with van der Waals surface area (Å²) < 4.78 is 0. The number of aromatic nitrogens is 1. The standard InChI is InChI=1S/C17H14Cl2N2OS.C4H7NO4/c18-12-8-23-14-7-13(21-16(14)15(12)19)17(22)20-11-5-9-3-1-2-4-10(9)6-11;6-2-3(7)5-1-4(8)9/h1-4,7,11,21H,5-6,8H2,(H,20,22);6H,1-2H2,(H,5,7)(H,8,9). The molecule has 2 aromatic rings. The smallest absolute Gasteiger partial charge is 0.322 e. The Labute approximate surface area is 198 Å². The van der Waals surface area contributed by atoms with Gasteiger partial charge in [0.25, 0.3) is 5.91 Å². The number of rotatable bonds is 5. The fraction of sp³-hybridized carbons (Fsp3) is 0.286. The van der Waals surface area contributed by atoms with Crippen LogP contribution in [-0.2, 0) is 22.4 Å². The molecule has 0 bridgehead atoms. The number of aliphatic carboxylic acids is 1. The summed E-state index contributed by atoms with van der Waals surface area (Å²) >= 11 is 13.9. The van der Waals surface area contributed by atoms with Crippen molar-refractivity contribution in [2.75, 3.05) is 18.9 Å². The van der Waals surface area contributed by atoms with Crippen LogP contribution in [0.15, 0.2) is 40.3 Å².